The van der Waals surface area contributed by atoms with Crippen LogP contribution in [0.4, 0.5) is 0 Å². The summed E-state index contributed by atoms with van der Waals surface area (Å²) in [5.41, 5.74) is 0. The molecule has 0 rings (SSSR count). The first-order valence-electron chi connectivity index (χ1n) is 2.43. The SMILES string of the molecule is [C]SN(CC)CC. The van der Waals surface area contributed by atoms with Crippen LogP contribution < -0.4 is 0 Å². The zero-order valence-electron chi connectivity index (χ0n) is 4.77. The van der Waals surface area contributed by atoms with Crippen molar-refractivity contribution >= 4 is 11.9 Å². The molecule has 0 N–H and O–H groups in total. The van der Waals surface area contributed by atoms with Gasteiger partial charge in [0, 0.05) is 13.1 Å². The third-order valence-electron chi connectivity index (χ3n) is 0.835. The van der Waals surface area contributed by atoms with Gasteiger partial charge in [-0.15, -0.1) is 0 Å². The molecule has 0 aromatic carbocycles. The molecule has 0 spiro atoms. The van der Waals surface area contributed by atoms with E-state index >= 15 is 0 Å². The Kier molecular flexibility index (Phi) is 4.67. The average molecular weight is 116 g/mol. The van der Waals surface area contributed by atoms with Crippen LogP contribution in [0.3, 0.4) is 0 Å². The molecule has 0 aliphatic rings. The van der Waals surface area contributed by atoms with Crippen LogP contribution in [0, 0.1) is 6.26 Å². The lowest BCUT2D eigenvalue weighted by atomic mass is 10.7. The molecule has 0 aromatic heterocycles. The van der Waals surface area contributed by atoms with Crippen LogP contribution in [-0.2, 0) is 0 Å². The van der Waals surface area contributed by atoms with E-state index in [1.807, 2.05) is 18.2 Å². The summed E-state index contributed by atoms with van der Waals surface area (Å²) in [6.45, 7) is 6.02. The van der Waals surface area contributed by atoms with E-state index in [-0.39, 0.29) is 0 Å². The Morgan fingerprint density at radius 2 is 1.86 bits per heavy atom. The summed E-state index contributed by atoms with van der Waals surface area (Å²) >= 11 is 1.05. The molecular weight excluding hydrogens is 106 g/mol. The van der Waals surface area contributed by atoms with Crippen molar-refractivity contribution in [2.24, 2.45) is 0 Å². The van der Waals surface area contributed by atoms with Gasteiger partial charge in [-0.05, 0) is 0 Å². The van der Waals surface area contributed by atoms with Gasteiger partial charge < -0.3 is 0 Å². The molecule has 2 heteroatoms. The highest BCUT2D eigenvalue weighted by Gasteiger charge is 1.90. The van der Waals surface area contributed by atoms with E-state index < -0.39 is 0 Å². The normalized spacial score (nSPS) is 10.3. The van der Waals surface area contributed by atoms with E-state index in [0.29, 0.717) is 0 Å². The zero-order valence-corrected chi connectivity index (χ0v) is 5.59. The Bertz CT molecular complexity index is 29.6. The van der Waals surface area contributed by atoms with Gasteiger partial charge in [0.2, 0.25) is 0 Å². The summed E-state index contributed by atoms with van der Waals surface area (Å²) < 4.78 is 1.96. The lowest BCUT2D eigenvalue weighted by molar-refractivity contribution is 0.528. The number of nitrogens with zero attached hydrogens (tertiary/aromatic N) is 1. The lowest BCUT2D eigenvalue weighted by Gasteiger charge is -2.11. The number of hydrogen-bond acceptors (Lipinski definition) is 2. The van der Waals surface area contributed by atoms with Gasteiger partial charge >= 0.3 is 0 Å². The topological polar surface area (TPSA) is 3.24 Å². The fourth-order valence-corrected chi connectivity index (χ4v) is 0.611. The van der Waals surface area contributed by atoms with Crippen molar-refractivity contribution in [3.8, 4) is 0 Å². The summed E-state index contributed by atoms with van der Waals surface area (Å²) in [4.78, 5) is 0. The Balaban J connectivity index is 2.99. The smallest absolute Gasteiger partial charge is 0.0874 e. The van der Waals surface area contributed by atoms with E-state index in [2.05, 4.69) is 0 Å². The standard InChI is InChI=1S/C5H10NS/c1-4-6(5-2)7-3/h4-5H2,1-2H3. The van der Waals surface area contributed by atoms with Crippen molar-refractivity contribution in [1.29, 1.82) is 0 Å². The van der Waals surface area contributed by atoms with E-state index in [0.717, 1.165) is 25.0 Å². The van der Waals surface area contributed by atoms with Crippen LogP contribution in [0.25, 0.3) is 0 Å². The fourth-order valence-electron chi connectivity index (χ4n) is 0.353. The molecule has 3 radical (unpaired) electrons. The molecule has 0 aliphatic carbocycles. The molecule has 0 bridgehead atoms. The molecule has 41 valence electrons. The quantitative estimate of drug-likeness (QED) is 0.514. The maximum Gasteiger partial charge on any atom is 0.0874 e. The van der Waals surface area contributed by atoms with Crippen LogP contribution in [0.2, 0.25) is 0 Å². The Morgan fingerprint density at radius 1 is 1.43 bits per heavy atom. The van der Waals surface area contributed by atoms with Gasteiger partial charge in [-0.1, -0.05) is 25.8 Å². The molecule has 7 heavy (non-hydrogen) atoms. The molecule has 0 heterocycles. The maximum absolute atomic E-state index is 6.80. The molecule has 0 saturated heterocycles. The van der Waals surface area contributed by atoms with Crippen LogP contribution in [0.1, 0.15) is 13.8 Å². The van der Waals surface area contributed by atoms with Gasteiger partial charge in [0.25, 0.3) is 0 Å². The zero-order chi connectivity index (χ0) is 5.70. The van der Waals surface area contributed by atoms with Crippen molar-refractivity contribution in [2.75, 3.05) is 13.1 Å². The molecule has 0 saturated carbocycles. The number of hydrogen-bond donors (Lipinski definition) is 0. The predicted octanol–water partition coefficient (Wildman–Crippen LogP) is 1.52. The first-order chi connectivity index (χ1) is 3.35. The lowest BCUT2D eigenvalue weighted by Crippen LogP contribution is -2.11. The minimum atomic E-state index is 0.963. The van der Waals surface area contributed by atoms with E-state index in [1.165, 1.54) is 0 Å². The third-order valence-corrected chi connectivity index (χ3v) is 1.61. The van der Waals surface area contributed by atoms with Gasteiger partial charge in [-0.25, -0.2) is 0 Å². The summed E-state index contributed by atoms with van der Waals surface area (Å²) in [5, 5.41) is 0. The highest BCUT2D eigenvalue weighted by atomic mass is 32.2. The van der Waals surface area contributed by atoms with Crippen LogP contribution >= 0.6 is 11.9 Å². The largest absolute Gasteiger partial charge is 0.251 e. The van der Waals surface area contributed by atoms with Crippen LogP contribution in [0.15, 0.2) is 0 Å². The molecule has 0 atom stereocenters. The highest BCUT2D eigenvalue weighted by molar-refractivity contribution is 7.98. The van der Waals surface area contributed by atoms with E-state index in [9.17, 15) is 0 Å². The summed E-state index contributed by atoms with van der Waals surface area (Å²) in [5.74, 6) is 0. The second-order valence-corrected chi connectivity index (χ2v) is 1.90. The Hall–Kier alpha value is 0.310. The predicted molar refractivity (Wildman–Crippen MR) is 33.8 cm³/mol. The third kappa shape index (κ3) is 2.94. The summed E-state index contributed by atoms with van der Waals surface area (Å²) in [7, 11) is 0. The van der Waals surface area contributed by atoms with Crippen LogP contribution in [-0.4, -0.2) is 17.4 Å². The Morgan fingerprint density at radius 3 is 1.86 bits per heavy atom. The van der Waals surface area contributed by atoms with Crippen molar-refractivity contribution in [3.63, 3.8) is 0 Å². The van der Waals surface area contributed by atoms with Crippen LogP contribution in [0.5, 0.6) is 0 Å². The minimum Gasteiger partial charge on any atom is -0.251 e. The van der Waals surface area contributed by atoms with Gasteiger partial charge in [0.05, 0.1) is 6.26 Å². The van der Waals surface area contributed by atoms with Gasteiger partial charge in [0.1, 0.15) is 0 Å². The molecule has 1 nitrogen and oxygen atoms in total. The van der Waals surface area contributed by atoms with Gasteiger partial charge in [0.15, 0.2) is 0 Å². The van der Waals surface area contributed by atoms with Gasteiger partial charge in [-0.2, -0.15) is 0 Å². The monoisotopic (exact) mass is 116 g/mol. The second-order valence-electron chi connectivity index (χ2n) is 1.21. The average Bonchev–Trinajstić information content (AvgIpc) is 1.72. The van der Waals surface area contributed by atoms with Crippen molar-refractivity contribution in [1.82, 2.24) is 4.31 Å². The van der Waals surface area contributed by atoms with Gasteiger partial charge in [-0.3, -0.25) is 4.31 Å². The second kappa shape index (κ2) is 4.47. The molecule has 0 aliphatic heterocycles. The molecule has 0 unspecified atom stereocenters. The minimum absolute atomic E-state index is 0.963. The number of rotatable bonds is 3. The molecular formula is C5H10NS. The first-order valence-corrected chi connectivity index (χ1v) is 3.21. The Labute approximate surface area is 50.2 Å². The van der Waals surface area contributed by atoms with E-state index in [1.54, 1.807) is 0 Å². The summed E-state index contributed by atoms with van der Waals surface area (Å²) in [6.07, 6.45) is 6.80. The van der Waals surface area contributed by atoms with E-state index in [4.69, 9.17) is 6.26 Å². The van der Waals surface area contributed by atoms with Crippen molar-refractivity contribution in [2.45, 2.75) is 13.8 Å². The molecule has 0 fully saturated rings. The maximum atomic E-state index is 6.80. The van der Waals surface area contributed by atoms with Crippen molar-refractivity contribution < 1.29 is 0 Å². The highest BCUT2D eigenvalue weighted by Crippen LogP contribution is 2.03. The van der Waals surface area contributed by atoms with Crippen molar-refractivity contribution in [3.05, 3.63) is 6.26 Å². The molecule has 0 aromatic rings. The molecule has 0 amide bonds. The fraction of sp³-hybridized carbons (Fsp3) is 0.800. The first kappa shape index (κ1) is 7.31. The summed E-state index contributed by atoms with van der Waals surface area (Å²) in [6, 6.07) is 0.